The van der Waals surface area contributed by atoms with Crippen LogP contribution in [0, 0.1) is 0 Å². The van der Waals surface area contributed by atoms with Crippen LogP contribution in [0.25, 0.3) is 0 Å². The van der Waals surface area contributed by atoms with Crippen LogP contribution < -0.4 is 0 Å². The molecule has 0 radical (unpaired) electrons. The number of aliphatic hydroxyl groups excluding tert-OH is 1. The summed E-state index contributed by atoms with van der Waals surface area (Å²) in [6, 6.07) is 0. The fourth-order valence-electron chi connectivity index (χ4n) is 0. The van der Waals surface area contributed by atoms with Crippen LogP contribution in [0.2, 0.25) is 0 Å². The first-order valence-corrected chi connectivity index (χ1v) is 3.55. The van der Waals surface area contributed by atoms with Gasteiger partial charge in [-0.25, -0.2) is 4.79 Å². The van der Waals surface area contributed by atoms with Gasteiger partial charge < -0.3 is 19.3 Å². The van der Waals surface area contributed by atoms with Crippen molar-refractivity contribution in [1.82, 2.24) is 0 Å². The van der Waals surface area contributed by atoms with Crippen LogP contribution in [0.1, 0.15) is 6.92 Å². The molecule has 0 aromatic rings. The number of aliphatic carboxylic acids is 1. The van der Waals surface area contributed by atoms with Crippen LogP contribution in [0.4, 0.5) is 0 Å². The molecule has 0 aromatic carbocycles. The van der Waals surface area contributed by atoms with E-state index < -0.39 is 22.5 Å². The summed E-state index contributed by atoms with van der Waals surface area (Å²) in [6.07, 6.45) is -1.23. The van der Waals surface area contributed by atoms with Crippen molar-refractivity contribution in [3.63, 3.8) is 0 Å². The van der Waals surface area contributed by atoms with Crippen LogP contribution >= 0.6 is 0 Å². The maximum absolute atomic E-state index is 9.45. The molecule has 0 spiro atoms. The van der Waals surface area contributed by atoms with E-state index in [0.717, 1.165) is 0 Å². The van der Waals surface area contributed by atoms with E-state index in [4.69, 9.17) is 27.7 Å². The second-order valence-electron chi connectivity index (χ2n) is 1.42. The Balaban J connectivity index is -0.000000126. The summed E-state index contributed by atoms with van der Waals surface area (Å²) >= 11 is 0. The summed E-state index contributed by atoms with van der Waals surface area (Å²) in [5, 5.41) is 15.8. The van der Waals surface area contributed by atoms with Crippen LogP contribution in [0.3, 0.4) is 0 Å². The van der Waals surface area contributed by atoms with Crippen LogP contribution in [-0.4, -0.2) is 77.5 Å². The third kappa shape index (κ3) is 46.4. The van der Waals surface area contributed by atoms with Gasteiger partial charge in [-0.2, -0.15) is 0 Å². The van der Waals surface area contributed by atoms with Crippen LogP contribution in [-0.2, 0) is 15.2 Å². The van der Waals surface area contributed by atoms with Crippen LogP contribution in [0.15, 0.2) is 0 Å². The minimum Gasteiger partial charge on any atom is -0.759 e. The maximum atomic E-state index is 9.45. The molecule has 0 aromatic heterocycles. The van der Waals surface area contributed by atoms with E-state index in [9.17, 15) is 4.79 Å². The predicted molar refractivity (Wildman–Crippen MR) is 35.5 cm³/mol. The monoisotopic (exact) mass is 226 g/mol. The minimum absolute atomic E-state index is 0. The molecule has 7 nitrogen and oxygen atoms in total. The van der Waals surface area contributed by atoms with E-state index in [-0.39, 0.29) is 37.7 Å². The van der Waals surface area contributed by atoms with Gasteiger partial charge in [0.05, 0.1) is 0 Å². The Bertz CT molecular complexity index is 199. The van der Waals surface area contributed by atoms with Gasteiger partial charge in [0.15, 0.2) is 0 Å². The van der Waals surface area contributed by atoms with Crippen molar-refractivity contribution in [2.75, 3.05) is 0 Å². The van der Waals surface area contributed by atoms with E-state index in [1.807, 2.05) is 0 Å². The summed E-state index contributed by atoms with van der Waals surface area (Å²) < 4.78 is 34.1. The van der Waals surface area contributed by atoms with Crippen LogP contribution in [0.5, 0.6) is 0 Å². The van der Waals surface area contributed by atoms with Crippen molar-refractivity contribution in [2.45, 2.75) is 13.0 Å². The van der Waals surface area contributed by atoms with Crippen molar-refractivity contribution in [1.29, 1.82) is 0 Å². The van der Waals surface area contributed by atoms with Crippen molar-refractivity contribution in [3.05, 3.63) is 0 Å². The summed E-state index contributed by atoms with van der Waals surface area (Å²) in [4.78, 5) is 9.45. The first kappa shape index (κ1) is 18.4. The molecule has 0 aliphatic rings. The SMILES string of the molecule is CC(O)C(=O)O.O=S(=O)([O-])[O-].[Ca+2]. The molecule has 9 heteroatoms. The minimum atomic E-state index is -5.17. The standard InChI is InChI=1S/C3H6O3.Ca.H2O4S/c1-2(4)3(5)6;;1-5(2,3)4/h2,4H,1H3,(H,5,6);;(H2,1,2,3,4)/q;+2;/p-2. The number of carboxylic acids is 1. The third-order valence-electron chi connectivity index (χ3n) is 0.357. The van der Waals surface area contributed by atoms with Gasteiger partial charge in [0.2, 0.25) is 0 Å². The number of aliphatic hydroxyl groups is 1. The number of rotatable bonds is 1. The van der Waals surface area contributed by atoms with E-state index in [1.54, 1.807) is 0 Å². The normalized spacial score (nSPS) is 11.7. The molecule has 1 atom stereocenters. The summed E-state index contributed by atoms with van der Waals surface area (Å²) in [5.74, 6) is -1.19. The Labute approximate surface area is 99.0 Å². The molecule has 0 aliphatic heterocycles. The maximum Gasteiger partial charge on any atom is 2.00 e. The molecule has 0 fully saturated rings. The fraction of sp³-hybridized carbons (Fsp3) is 0.667. The average Bonchev–Trinajstić information content (AvgIpc) is 1.59. The van der Waals surface area contributed by atoms with E-state index in [2.05, 4.69) is 0 Å². The van der Waals surface area contributed by atoms with Gasteiger partial charge in [-0.05, 0) is 6.92 Å². The molecule has 0 heterocycles. The Morgan fingerprint density at radius 1 is 1.42 bits per heavy atom. The molecule has 12 heavy (non-hydrogen) atoms. The largest absolute Gasteiger partial charge is 2.00 e. The Morgan fingerprint density at radius 3 is 1.50 bits per heavy atom. The molecule has 0 saturated heterocycles. The average molecular weight is 226 g/mol. The zero-order valence-corrected chi connectivity index (χ0v) is 9.15. The van der Waals surface area contributed by atoms with Gasteiger partial charge in [0.1, 0.15) is 6.10 Å². The van der Waals surface area contributed by atoms with E-state index in [0.29, 0.717) is 0 Å². The molecule has 0 saturated carbocycles. The molecule has 0 aliphatic carbocycles. The second kappa shape index (κ2) is 8.17. The molecule has 0 rings (SSSR count). The Hall–Kier alpha value is 0.560. The van der Waals surface area contributed by atoms with E-state index in [1.165, 1.54) is 6.92 Å². The number of carbonyl (C=O) groups is 1. The molecular weight excluding hydrogens is 220 g/mol. The Kier molecular flexibility index (Phi) is 12.5. The van der Waals surface area contributed by atoms with Crippen molar-refractivity contribution >= 4 is 54.1 Å². The number of carboxylic acid groups (broad SMARTS) is 1. The smallest absolute Gasteiger partial charge is 0.759 e. The molecule has 1 unspecified atom stereocenters. The third-order valence-corrected chi connectivity index (χ3v) is 0.357. The molecule has 0 bridgehead atoms. The van der Waals surface area contributed by atoms with Crippen molar-refractivity contribution < 1.29 is 32.5 Å². The molecule has 2 N–H and O–H groups in total. The molecular formula is C3H6CaO7S. The number of hydrogen-bond acceptors (Lipinski definition) is 6. The van der Waals surface area contributed by atoms with Gasteiger partial charge in [0, 0.05) is 10.4 Å². The zero-order valence-electron chi connectivity index (χ0n) is 6.13. The van der Waals surface area contributed by atoms with Gasteiger partial charge in [0.25, 0.3) is 0 Å². The summed E-state index contributed by atoms with van der Waals surface area (Å²) in [7, 11) is -5.17. The van der Waals surface area contributed by atoms with Gasteiger partial charge >= 0.3 is 43.7 Å². The Morgan fingerprint density at radius 2 is 1.50 bits per heavy atom. The number of hydrogen-bond donors (Lipinski definition) is 2. The summed E-state index contributed by atoms with van der Waals surface area (Å²) in [6.45, 7) is 1.20. The first-order chi connectivity index (χ1) is 4.64. The molecule has 0 amide bonds. The van der Waals surface area contributed by atoms with E-state index >= 15 is 0 Å². The van der Waals surface area contributed by atoms with Gasteiger partial charge in [-0.3, -0.25) is 8.42 Å². The van der Waals surface area contributed by atoms with Crippen molar-refractivity contribution in [2.24, 2.45) is 0 Å². The second-order valence-corrected chi connectivity index (χ2v) is 2.24. The zero-order chi connectivity index (χ0) is 9.65. The predicted octanol–water partition coefficient (Wildman–Crippen LogP) is -2.27. The van der Waals surface area contributed by atoms with Crippen molar-refractivity contribution in [3.8, 4) is 0 Å². The molecule has 68 valence electrons. The topological polar surface area (TPSA) is 138 Å². The summed E-state index contributed by atoms with van der Waals surface area (Å²) in [5.41, 5.74) is 0. The fourth-order valence-corrected chi connectivity index (χ4v) is 0. The quantitative estimate of drug-likeness (QED) is 0.292. The van der Waals surface area contributed by atoms with Gasteiger partial charge in [-0.1, -0.05) is 0 Å². The first-order valence-electron chi connectivity index (χ1n) is 2.22. The van der Waals surface area contributed by atoms with Gasteiger partial charge in [-0.15, -0.1) is 0 Å².